The van der Waals surface area contributed by atoms with Crippen molar-refractivity contribution in [3.8, 4) is 5.75 Å². The minimum absolute atomic E-state index is 0.0545. The fourth-order valence-electron chi connectivity index (χ4n) is 1.72. The van der Waals surface area contributed by atoms with Crippen LogP contribution in [0.25, 0.3) is 0 Å². The van der Waals surface area contributed by atoms with E-state index in [9.17, 15) is 14.5 Å². The van der Waals surface area contributed by atoms with Crippen molar-refractivity contribution in [2.75, 3.05) is 0 Å². The minimum atomic E-state index is -0.513. The highest BCUT2D eigenvalue weighted by molar-refractivity contribution is 6.31. The average molecular weight is 296 g/mol. The molecule has 4 nitrogen and oxygen atoms in total. The summed E-state index contributed by atoms with van der Waals surface area (Å²) in [6, 6.07) is 8.70. The van der Waals surface area contributed by atoms with Gasteiger partial charge < -0.3 is 4.74 Å². The van der Waals surface area contributed by atoms with E-state index in [-0.39, 0.29) is 23.1 Å². The quantitative estimate of drug-likeness (QED) is 0.625. The molecule has 6 heteroatoms. The predicted octanol–water partition coefficient (Wildman–Crippen LogP) is 4.27. The molecule has 0 spiro atoms. The Morgan fingerprint density at radius 1 is 1.35 bits per heavy atom. The number of hydrogen-bond acceptors (Lipinski definition) is 3. The van der Waals surface area contributed by atoms with E-state index in [2.05, 4.69) is 0 Å². The molecular formula is C14H11ClFNO3. The summed E-state index contributed by atoms with van der Waals surface area (Å²) in [4.78, 5) is 10.4. The van der Waals surface area contributed by atoms with Gasteiger partial charge >= 0.3 is 0 Å². The van der Waals surface area contributed by atoms with Gasteiger partial charge in [0.15, 0.2) is 0 Å². The van der Waals surface area contributed by atoms with E-state index in [1.165, 1.54) is 30.3 Å². The molecule has 0 unspecified atom stereocenters. The van der Waals surface area contributed by atoms with Gasteiger partial charge in [-0.05, 0) is 36.8 Å². The summed E-state index contributed by atoms with van der Waals surface area (Å²) >= 11 is 5.95. The third-order valence-electron chi connectivity index (χ3n) is 2.80. The van der Waals surface area contributed by atoms with Gasteiger partial charge in [-0.15, -0.1) is 0 Å². The first kappa shape index (κ1) is 14.3. The van der Waals surface area contributed by atoms with E-state index in [4.69, 9.17) is 16.3 Å². The molecule has 0 saturated heterocycles. The standard InChI is InChI=1S/C14H11ClFNO3/c1-9-7-10(5-6-13(9)16)20-8-11-12(15)3-2-4-14(11)17(18)19/h2-7H,8H2,1H3. The summed E-state index contributed by atoms with van der Waals surface area (Å²) in [7, 11) is 0. The lowest BCUT2D eigenvalue weighted by atomic mass is 10.2. The molecule has 0 saturated carbocycles. The molecule has 0 aliphatic carbocycles. The summed E-state index contributed by atoms with van der Waals surface area (Å²) < 4.78 is 18.6. The number of hydrogen-bond donors (Lipinski definition) is 0. The summed E-state index contributed by atoms with van der Waals surface area (Å²) in [6.45, 7) is 1.56. The number of ether oxygens (including phenoxy) is 1. The molecule has 0 amide bonds. The predicted molar refractivity (Wildman–Crippen MR) is 73.6 cm³/mol. The van der Waals surface area contributed by atoms with Crippen LogP contribution in [0.15, 0.2) is 36.4 Å². The number of rotatable bonds is 4. The van der Waals surface area contributed by atoms with Crippen molar-refractivity contribution in [3.05, 3.63) is 68.5 Å². The molecule has 2 rings (SSSR count). The maximum absolute atomic E-state index is 13.1. The molecule has 20 heavy (non-hydrogen) atoms. The van der Waals surface area contributed by atoms with E-state index in [0.717, 1.165) is 0 Å². The van der Waals surface area contributed by atoms with Crippen LogP contribution in [-0.4, -0.2) is 4.92 Å². The Kier molecular flexibility index (Phi) is 4.20. The topological polar surface area (TPSA) is 52.4 Å². The highest BCUT2D eigenvalue weighted by atomic mass is 35.5. The van der Waals surface area contributed by atoms with Crippen LogP contribution in [0.3, 0.4) is 0 Å². The Balaban J connectivity index is 2.22. The molecule has 104 valence electrons. The number of halogens is 2. The second-order valence-electron chi connectivity index (χ2n) is 4.19. The van der Waals surface area contributed by atoms with E-state index < -0.39 is 4.92 Å². The lowest BCUT2D eigenvalue weighted by Gasteiger charge is -2.09. The number of nitrogens with zero attached hydrogens (tertiary/aromatic N) is 1. The summed E-state index contributed by atoms with van der Waals surface area (Å²) in [5.74, 6) is 0.0965. The molecule has 0 fully saturated rings. The molecule has 0 heterocycles. The van der Waals surface area contributed by atoms with Crippen LogP contribution < -0.4 is 4.74 Å². The molecule has 0 atom stereocenters. The van der Waals surface area contributed by atoms with Gasteiger partial charge in [-0.3, -0.25) is 10.1 Å². The van der Waals surface area contributed by atoms with Crippen molar-refractivity contribution in [3.63, 3.8) is 0 Å². The first-order valence-corrected chi connectivity index (χ1v) is 6.17. The van der Waals surface area contributed by atoms with Gasteiger partial charge in [0.2, 0.25) is 0 Å². The second-order valence-corrected chi connectivity index (χ2v) is 4.60. The van der Waals surface area contributed by atoms with Crippen molar-refractivity contribution < 1.29 is 14.1 Å². The monoisotopic (exact) mass is 295 g/mol. The normalized spacial score (nSPS) is 10.3. The van der Waals surface area contributed by atoms with Gasteiger partial charge in [-0.1, -0.05) is 17.7 Å². The van der Waals surface area contributed by atoms with Crippen molar-refractivity contribution in [1.82, 2.24) is 0 Å². The third kappa shape index (κ3) is 3.05. The Labute approximate surface area is 119 Å². The number of benzene rings is 2. The van der Waals surface area contributed by atoms with Crippen molar-refractivity contribution in [2.45, 2.75) is 13.5 Å². The van der Waals surface area contributed by atoms with E-state index in [1.807, 2.05) is 0 Å². The molecule has 0 radical (unpaired) electrons. The zero-order valence-electron chi connectivity index (χ0n) is 10.6. The molecular weight excluding hydrogens is 285 g/mol. The van der Waals surface area contributed by atoms with Crippen LogP contribution in [0.1, 0.15) is 11.1 Å². The zero-order valence-corrected chi connectivity index (χ0v) is 11.4. The van der Waals surface area contributed by atoms with Gasteiger partial charge in [0.1, 0.15) is 18.2 Å². The van der Waals surface area contributed by atoms with Crippen LogP contribution in [0.5, 0.6) is 5.75 Å². The summed E-state index contributed by atoms with van der Waals surface area (Å²) in [5.41, 5.74) is 0.633. The Morgan fingerprint density at radius 2 is 2.10 bits per heavy atom. The van der Waals surface area contributed by atoms with Gasteiger partial charge in [0.05, 0.1) is 15.5 Å². The minimum Gasteiger partial charge on any atom is -0.489 e. The molecule has 2 aromatic rings. The number of aryl methyl sites for hydroxylation is 1. The van der Waals surface area contributed by atoms with Gasteiger partial charge in [0.25, 0.3) is 5.69 Å². The molecule has 2 aromatic carbocycles. The summed E-state index contributed by atoms with van der Waals surface area (Å²) in [5, 5.41) is 11.2. The van der Waals surface area contributed by atoms with Crippen molar-refractivity contribution >= 4 is 17.3 Å². The Morgan fingerprint density at radius 3 is 2.75 bits per heavy atom. The third-order valence-corrected chi connectivity index (χ3v) is 3.16. The first-order chi connectivity index (χ1) is 9.49. The van der Waals surface area contributed by atoms with E-state index in [1.54, 1.807) is 13.0 Å². The Hall–Kier alpha value is -2.14. The number of nitro groups is 1. The fourth-order valence-corrected chi connectivity index (χ4v) is 1.95. The van der Waals surface area contributed by atoms with Crippen molar-refractivity contribution in [2.24, 2.45) is 0 Å². The van der Waals surface area contributed by atoms with Crippen LogP contribution in [0, 0.1) is 22.9 Å². The molecule has 0 aliphatic heterocycles. The SMILES string of the molecule is Cc1cc(OCc2c(Cl)cccc2[N+](=O)[O-])ccc1F. The van der Waals surface area contributed by atoms with E-state index in [0.29, 0.717) is 16.9 Å². The van der Waals surface area contributed by atoms with Crippen molar-refractivity contribution in [1.29, 1.82) is 0 Å². The molecule has 0 bridgehead atoms. The van der Waals surface area contributed by atoms with Gasteiger partial charge in [0, 0.05) is 6.07 Å². The molecule has 0 aromatic heterocycles. The lowest BCUT2D eigenvalue weighted by molar-refractivity contribution is -0.385. The van der Waals surface area contributed by atoms with Gasteiger partial charge in [-0.2, -0.15) is 0 Å². The zero-order chi connectivity index (χ0) is 14.7. The van der Waals surface area contributed by atoms with Gasteiger partial charge in [-0.25, -0.2) is 4.39 Å². The maximum atomic E-state index is 13.1. The van der Waals surface area contributed by atoms with E-state index >= 15 is 0 Å². The first-order valence-electron chi connectivity index (χ1n) is 5.80. The summed E-state index contributed by atoms with van der Waals surface area (Å²) in [6.07, 6.45) is 0. The van der Waals surface area contributed by atoms with Crippen LogP contribution >= 0.6 is 11.6 Å². The fraction of sp³-hybridized carbons (Fsp3) is 0.143. The number of nitro benzene ring substituents is 1. The molecule has 0 N–H and O–H groups in total. The van der Waals surface area contributed by atoms with Crippen LogP contribution in [-0.2, 0) is 6.61 Å². The smallest absolute Gasteiger partial charge is 0.277 e. The maximum Gasteiger partial charge on any atom is 0.277 e. The van der Waals surface area contributed by atoms with Crippen LogP contribution in [0.4, 0.5) is 10.1 Å². The second kappa shape index (κ2) is 5.88. The van der Waals surface area contributed by atoms with Crippen LogP contribution in [0.2, 0.25) is 5.02 Å². The lowest BCUT2D eigenvalue weighted by Crippen LogP contribution is -2.01. The highest BCUT2D eigenvalue weighted by Crippen LogP contribution is 2.28. The largest absolute Gasteiger partial charge is 0.489 e. The molecule has 0 aliphatic rings. The highest BCUT2D eigenvalue weighted by Gasteiger charge is 2.17. The average Bonchev–Trinajstić information content (AvgIpc) is 2.40. The Bertz CT molecular complexity index is 661.